The van der Waals surface area contributed by atoms with Crippen LogP contribution in [0.25, 0.3) is 0 Å². The van der Waals surface area contributed by atoms with Gasteiger partial charge in [0.15, 0.2) is 0 Å². The van der Waals surface area contributed by atoms with Crippen molar-refractivity contribution in [2.24, 2.45) is 0 Å². The third-order valence-electron chi connectivity index (χ3n) is 5.94. The number of amides is 1. The van der Waals surface area contributed by atoms with Crippen LogP contribution in [0.1, 0.15) is 104 Å². The standard InChI is InChI=1S/C27H54N4O3/c1-4-7-12-25(32)14-10-9-11-18-28-20-23-31(22-16-26(33)13-8-5-2)24-21-29-19-15-27(34)30-17-6-3/h28-29H,4-24H2,1-3H3,(H,30,34). The molecule has 0 radical (unpaired) electrons. The summed E-state index contributed by atoms with van der Waals surface area (Å²) in [4.78, 5) is 37.8. The van der Waals surface area contributed by atoms with Crippen molar-refractivity contribution in [3.8, 4) is 0 Å². The highest BCUT2D eigenvalue weighted by molar-refractivity contribution is 5.78. The lowest BCUT2D eigenvalue weighted by Crippen LogP contribution is -2.39. The van der Waals surface area contributed by atoms with E-state index >= 15 is 0 Å². The Morgan fingerprint density at radius 2 is 1.12 bits per heavy atom. The molecule has 0 heterocycles. The summed E-state index contributed by atoms with van der Waals surface area (Å²) in [6, 6.07) is 0. The molecule has 0 aromatic heterocycles. The van der Waals surface area contributed by atoms with E-state index in [1.165, 1.54) is 0 Å². The third-order valence-corrected chi connectivity index (χ3v) is 5.94. The van der Waals surface area contributed by atoms with E-state index in [0.29, 0.717) is 37.4 Å². The molecule has 34 heavy (non-hydrogen) atoms. The summed E-state index contributed by atoms with van der Waals surface area (Å²) in [6.07, 6.45) is 11.6. The first-order chi connectivity index (χ1) is 16.5. The molecule has 0 aromatic rings. The number of carbonyl (C=O) groups is 3. The van der Waals surface area contributed by atoms with Gasteiger partial charge in [0, 0.05) is 77.9 Å². The Labute approximate surface area is 209 Å². The van der Waals surface area contributed by atoms with Crippen LogP contribution in [0.4, 0.5) is 0 Å². The average molecular weight is 483 g/mol. The minimum atomic E-state index is 0.0993. The quantitative estimate of drug-likeness (QED) is 0.162. The first kappa shape index (κ1) is 32.7. The lowest BCUT2D eigenvalue weighted by molar-refractivity contribution is -0.121. The van der Waals surface area contributed by atoms with E-state index in [2.05, 4.69) is 34.7 Å². The number of nitrogens with zero attached hydrogens (tertiary/aromatic N) is 1. The summed E-state index contributed by atoms with van der Waals surface area (Å²) in [7, 11) is 0. The molecule has 0 saturated carbocycles. The van der Waals surface area contributed by atoms with Crippen LogP contribution in [0, 0.1) is 0 Å². The fraction of sp³-hybridized carbons (Fsp3) is 0.889. The largest absolute Gasteiger partial charge is 0.356 e. The van der Waals surface area contributed by atoms with Crippen molar-refractivity contribution >= 4 is 17.5 Å². The molecular weight excluding hydrogens is 428 g/mol. The molecule has 7 heteroatoms. The Morgan fingerprint density at radius 3 is 1.74 bits per heavy atom. The molecule has 0 aliphatic rings. The van der Waals surface area contributed by atoms with Gasteiger partial charge in [-0.25, -0.2) is 0 Å². The Balaban J connectivity index is 4.04. The van der Waals surface area contributed by atoms with Gasteiger partial charge in [-0.15, -0.1) is 0 Å². The topological polar surface area (TPSA) is 90.5 Å². The summed E-state index contributed by atoms with van der Waals surface area (Å²) in [5.74, 6) is 0.866. The van der Waals surface area contributed by atoms with E-state index in [0.717, 1.165) is 110 Å². The summed E-state index contributed by atoms with van der Waals surface area (Å²) in [5.41, 5.74) is 0. The van der Waals surface area contributed by atoms with Crippen molar-refractivity contribution in [1.82, 2.24) is 20.9 Å². The van der Waals surface area contributed by atoms with Gasteiger partial charge in [-0.1, -0.05) is 40.0 Å². The maximum Gasteiger partial charge on any atom is 0.221 e. The van der Waals surface area contributed by atoms with Gasteiger partial charge in [-0.3, -0.25) is 14.4 Å². The van der Waals surface area contributed by atoms with E-state index < -0.39 is 0 Å². The molecule has 1 amide bonds. The summed E-state index contributed by atoms with van der Waals surface area (Å²) < 4.78 is 0. The molecule has 200 valence electrons. The first-order valence-electron chi connectivity index (χ1n) is 14.0. The first-order valence-corrected chi connectivity index (χ1v) is 14.0. The monoisotopic (exact) mass is 482 g/mol. The Morgan fingerprint density at radius 1 is 0.529 bits per heavy atom. The number of carbonyl (C=O) groups excluding carboxylic acids is 3. The van der Waals surface area contributed by atoms with Crippen LogP contribution in [-0.2, 0) is 14.4 Å². The zero-order valence-corrected chi connectivity index (χ0v) is 22.5. The highest BCUT2D eigenvalue weighted by Gasteiger charge is 2.09. The predicted octanol–water partition coefficient (Wildman–Crippen LogP) is 3.85. The summed E-state index contributed by atoms with van der Waals surface area (Å²) in [6.45, 7) is 13.0. The number of nitrogens with one attached hydrogen (secondary N) is 3. The number of hydrogen-bond donors (Lipinski definition) is 3. The number of unbranched alkanes of at least 4 members (excludes halogenated alkanes) is 4. The van der Waals surface area contributed by atoms with Crippen LogP contribution in [-0.4, -0.2) is 74.7 Å². The van der Waals surface area contributed by atoms with Crippen molar-refractivity contribution in [3.05, 3.63) is 0 Å². The molecule has 7 nitrogen and oxygen atoms in total. The predicted molar refractivity (Wildman–Crippen MR) is 142 cm³/mol. The van der Waals surface area contributed by atoms with Crippen LogP contribution in [0.5, 0.6) is 0 Å². The third kappa shape index (κ3) is 22.5. The molecule has 0 atom stereocenters. The van der Waals surface area contributed by atoms with E-state index in [4.69, 9.17) is 0 Å². The number of rotatable bonds is 26. The van der Waals surface area contributed by atoms with Gasteiger partial charge in [0.25, 0.3) is 0 Å². The van der Waals surface area contributed by atoms with E-state index in [9.17, 15) is 14.4 Å². The minimum Gasteiger partial charge on any atom is -0.356 e. The maximum atomic E-state index is 12.1. The van der Waals surface area contributed by atoms with Gasteiger partial charge >= 0.3 is 0 Å². The highest BCUT2D eigenvalue weighted by Crippen LogP contribution is 2.05. The second-order valence-corrected chi connectivity index (χ2v) is 9.29. The van der Waals surface area contributed by atoms with Crippen molar-refractivity contribution in [2.45, 2.75) is 104 Å². The van der Waals surface area contributed by atoms with Gasteiger partial charge in [-0.05, 0) is 38.6 Å². The second-order valence-electron chi connectivity index (χ2n) is 9.29. The van der Waals surface area contributed by atoms with Crippen molar-refractivity contribution in [3.63, 3.8) is 0 Å². The van der Waals surface area contributed by atoms with E-state index in [1.807, 2.05) is 6.92 Å². The number of ketones is 2. The van der Waals surface area contributed by atoms with Crippen LogP contribution in [0.3, 0.4) is 0 Å². The van der Waals surface area contributed by atoms with Crippen molar-refractivity contribution < 1.29 is 14.4 Å². The fourth-order valence-corrected chi connectivity index (χ4v) is 3.64. The van der Waals surface area contributed by atoms with E-state index in [1.54, 1.807) is 0 Å². The lowest BCUT2D eigenvalue weighted by atomic mass is 10.1. The molecule has 0 fully saturated rings. The fourth-order valence-electron chi connectivity index (χ4n) is 3.64. The zero-order chi connectivity index (χ0) is 25.3. The number of Topliss-reactive ketones (excluding diaryl/α,β-unsaturated/α-hetero) is 2. The zero-order valence-electron chi connectivity index (χ0n) is 22.5. The van der Waals surface area contributed by atoms with Gasteiger partial charge in [0.05, 0.1) is 0 Å². The molecular formula is C27H54N4O3. The normalized spacial score (nSPS) is 11.2. The van der Waals surface area contributed by atoms with Crippen molar-refractivity contribution in [1.29, 1.82) is 0 Å². The Bertz CT molecular complexity index is 514. The van der Waals surface area contributed by atoms with Gasteiger partial charge < -0.3 is 20.9 Å². The van der Waals surface area contributed by atoms with Crippen LogP contribution >= 0.6 is 0 Å². The van der Waals surface area contributed by atoms with Crippen LogP contribution in [0.2, 0.25) is 0 Å². The molecule has 0 unspecified atom stereocenters. The Hall–Kier alpha value is -1.31. The SMILES string of the molecule is CCCCC(=O)CCCCCNCCN(CCNCCC(=O)NCCC)CCC(=O)CCCC. The molecule has 3 N–H and O–H groups in total. The van der Waals surface area contributed by atoms with Gasteiger partial charge in [-0.2, -0.15) is 0 Å². The molecule has 0 aliphatic heterocycles. The highest BCUT2D eigenvalue weighted by atomic mass is 16.1. The molecule has 0 spiro atoms. The lowest BCUT2D eigenvalue weighted by Gasteiger charge is -2.22. The summed E-state index contributed by atoms with van der Waals surface area (Å²) in [5, 5.41) is 9.76. The number of hydrogen-bond acceptors (Lipinski definition) is 6. The van der Waals surface area contributed by atoms with Crippen LogP contribution in [0.15, 0.2) is 0 Å². The molecule has 0 bridgehead atoms. The van der Waals surface area contributed by atoms with Gasteiger partial charge in [0.2, 0.25) is 5.91 Å². The van der Waals surface area contributed by atoms with Gasteiger partial charge in [0.1, 0.15) is 11.6 Å². The smallest absolute Gasteiger partial charge is 0.221 e. The molecule has 0 aliphatic carbocycles. The average Bonchev–Trinajstić information content (AvgIpc) is 2.83. The molecule has 0 rings (SSSR count). The minimum absolute atomic E-state index is 0.0993. The van der Waals surface area contributed by atoms with Crippen molar-refractivity contribution in [2.75, 3.05) is 52.4 Å². The van der Waals surface area contributed by atoms with E-state index in [-0.39, 0.29) is 5.91 Å². The molecule has 0 saturated heterocycles. The molecule has 0 aromatic carbocycles. The van der Waals surface area contributed by atoms with Crippen LogP contribution < -0.4 is 16.0 Å². The summed E-state index contributed by atoms with van der Waals surface area (Å²) >= 11 is 0. The Kier molecular flexibility index (Phi) is 23.8. The maximum absolute atomic E-state index is 12.1. The second kappa shape index (κ2) is 24.8.